The molecule has 0 saturated heterocycles. The molecular weight excluding hydrogens is 230 g/mol. The Morgan fingerprint density at radius 2 is 2.11 bits per heavy atom. The fourth-order valence-corrected chi connectivity index (χ4v) is 2.34. The molecule has 1 aliphatic carbocycles. The van der Waals surface area contributed by atoms with Crippen LogP contribution in [0, 0.1) is 11.8 Å². The molecule has 1 fully saturated rings. The maximum atomic E-state index is 10.8. The molecule has 0 radical (unpaired) electrons. The standard InChI is InChI=1S/C13H19N3O2/c1-9-2-4-10(5-3-9)6-15-12-8-14-7-11(16-12)13(17)18/h7-10H,2-6H2,1H3,(H,15,16)(H,17,18). The van der Waals surface area contributed by atoms with Gasteiger partial charge in [0.1, 0.15) is 5.82 Å². The molecule has 1 heterocycles. The summed E-state index contributed by atoms with van der Waals surface area (Å²) < 4.78 is 0. The Kier molecular flexibility index (Phi) is 4.12. The smallest absolute Gasteiger partial charge is 0.356 e. The van der Waals surface area contributed by atoms with Gasteiger partial charge in [-0.25, -0.2) is 9.78 Å². The summed E-state index contributed by atoms with van der Waals surface area (Å²) >= 11 is 0. The molecule has 0 aromatic carbocycles. The summed E-state index contributed by atoms with van der Waals surface area (Å²) in [6.07, 6.45) is 7.87. The third kappa shape index (κ3) is 3.42. The van der Waals surface area contributed by atoms with E-state index in [9.17, 15) is 4.79 Å². The topological polar surface area (TPSA) is 75.1 Å². The van der Waals surface area contributed by atoms with E-state index in [4.69, 9.17) is 5.11 Å². The second-order valence-corrected chi connectivity index (χ2v) is 5.10. The number of aromatic carboxylic acids is 1. The fraction of sp³-hybridized carbons (Fsp3) is 0.615. The Morgan fingerprint density at radius 3 is 2.78 bits per heavy atom. The van der Waals surface area contributed by atoms with E-state index in [-0.39, 0.29) is 5.69 Å². The van der Waals surface area contributed by atoms with Gasteiger partial charge in [0.05, 0.1) is 12.4 Å². The SMILES string of the molecule is CC1CCC(CNc2cncc(C(=O)O)n2)CC1. The summed E-state index contributed by atoms with van der Waals surface area (Å²) in [6, 6.07) is 0. The normalized spacial score (nSPS) is 23.6. The number of nitrogens with zero attached hydrogens (tertiary/aromatic N) is 2. The van der Waals surface area contributed by atoms with Gasteiger partial charge in [-0.15, -0.1) is 0 Å². The molecule has 2 rings (SSSR count). The van der Waals surface area contributed by atoms with Gasteiger partial charge in [-0.3, -0.25) is 4.98 Å². The molecule has 0 unspecified atom stereocenters. The van der Waals surface area contributed by atoms with Crippen molar-refractivity contribution in [2.24, 2.45) is 11.8 Å². The molecule has 5 nitrogen and oxygen atoms in total. The van der Waals surface area contributed by atoms with Gasteiger partial charge in [0.15, 0.2) is 5.69 Å². The number of hydrogen-bond acceptors (Lipinski definition) is 4. The van der Waals surface area contributed by atoms with E-state index in [1.807, 2.05) is 0 Å². The zero-order valence-electron chi connectivity index (χ0n) is 10.6. The van der Waals surface area contributed by atoms with E-state index >= 15 is 0 Å². The lowest BCUT2D eigenvalue weighted by Gasteiger charge is -2.26. The molecule has 98 valence electrons. The Hall–Kier alpha value is -1.65. The predicted molar refractivity (Wildman–Crippen MR) is 68.6 cm³/mol. The Balaban J connectivity index is 1.86. The van der Waals surface area contributed by atoms with Crippen molar-refractivity contribution in [3.8, 4) is 0 Å². The van der Waals surface area contributed by atoms with E-state index in [0.29, 0.717) is 11.7 Å². The molecule has 0 bridgehead atoms. The van der Waals surface area contributed by atoms with Crippen molar-refractivity contribution < 1.29 is 9.90 Å². The molecule has 0 atom stereocenters. The molecular formula is C13H19N3O2. The molecule has 1 aliphatic rings. The van der Waals surface area contributed by atoms with E-state index in [1.54, 1.807) is 6.20 Å². The van der Waals surface area contributed by atoms with Crippen molar-refractivity contribution in [3.05, 3.63) is 18.1 Å². The lowest BCUT2D eigenvalue weighted by atomic mass is 9.83. The molecule has 1 aromatic heterocycles. The van der Waals surface area contributed by atoms with Crippen LogP contribution in [0.25, 0.3) is 0 Å². The summed E-state index contributed by atoms with van der Waals surface area (Å²) in [6.45, 7) is 3.15. The summed E-state index contributed by atoms with van der Waals surface area (Å²) in [5, 5.41) is 12.0. The van der Waals surface area contributed by atoms with Crippen LogP contribution in [0.15, 0.2) is 12.4 Å². The van der Waals surface area contributed by atoms with Crippen molar-refractivity contribution in [3.63, 3.8) is 0 Å². The highest BCUT2D eigenvalue weighted by atomic mass is 16.4. The highest BCUT2D eigenvalue weighted by Crippen LogP contribution is 2.28. The fourth-order valence-electron chi connectivity index (χ4n) is 2.34. The van der Waals surface area contributed by atoms with Gasteiger partial charge in [0.25, 0.3) is 0 Å². The lowest BCUT2D eigenvalue weighted by molar-refractivity contribution is 0.0690. The second kappa shape index (κ2) is 5.80. The Morgan fingerprint density at radius 1 is 1.39 bits per heavy atom. The van der Waals surface area contributed by atoms with Gasteiger partial charge in [0.2, 0.25) is 0 Å². The quantitative estimate of drug-likeness (QED) is 0.857. The summed E-state index contributed by atoms with van der Waals surface area (Å²) in [7, 11) is 0. The highest BCUT2D eigenvalue weighted by molar-refractivity contribution is 5.85. The van der Waals surface area contributed by atoms with Crippen molar-refractivity contribution >= 4 is 11.8 Å². The van der Waals surface area contributed by atoms with Crippen LogP contribution in [-0.2, 0) is 0 Å². The number of aromatic nitrogens is 2. The molecule has 2 N–H and O–H groups in total. The molecule has 0 spiro atoms. The molecule has 1 aromatic rings. The minimum atomic E-state index is -1.04. The molecule has 1 saturated carbocycles. The maximum Gasteiger partial charge on any atom is 0.356 e. The van der Waals surface area contributed by atoms with Crippen LogP contribution in [0.2, 0.25) is 0 Å². The predicted octanol–water partition coefficient (Wildman–Crippen LogP) is 2.41. The zero-order valence-corrected chi connectivity index (χ0v) is 10.6. The Bertz CT molecular complexity index is 414. The molecule has 0 aliphatic heterocycles. The first kappa shape index (κ1) is 12.8. The van der Waals surface area contributed by atoms with Crippen LogP contribution in [-0.4, -0.2) is 27.6 Å². The van der Waals surface area contributed by atoms with Crippen molar-refractivity contribution in [1.82, 2.24) is 9.97 Å². The minimum Gasteiger partial charge on any atom is -0.476 e. The first-order valence-electron chi connectivity index (χ1n) is 6.44. The minimum absolute atomic E-state index is 0.0164. The zero-order chi connectivity index (χ0) is 13.0. The summed E-state index contributed by atoms with van der Waals surface area (Å²) in [5.74, 6) is 1.01. The average molecular weight is 249 g/mol. The van der Waals surface area contributed by atoms with Crippen molar-refractivity contribution in [1.29, 1.82) is 0 Å². The van der Waals surface area contributed by atoms with Crippen molar-refractivity contribution in [2.75, 3.05) is 11.9 Å². The van der Waals surface area contributed by atoms with Gasteiger partial charge in [-0.2, -0.15) is 0 Å². The number of hydrogen-bond donors (Lipinski definition) is 2. The van der Waals surface area contributed by atoms with E-state index in [0.717, 1.165) is 12.5 Å². The van der Waals surface area contributed by atoms with Crippen LogP contribution >= 0.6 is 0 Å². The van der Waals surface area contributed by atoms with Crippen LogP contribution in [0.1, 0.15) is 43.1 Å². The highest BCUT2D eigenvalue weighted by Gasteiger charge is 2.18. The maximum absolute atomic E-state index is 10.8. The molecule has 5 heteroatoms. The van der Waals surface area contributed by atoms with Gasteiger partial charge in [-0.05, 0) is 24.7 Å². The lowest BCUT2D eigenvalue weighted by Crippen LogP contribution is -2.20. The number of nitrogens with one attached hydrogen (secondary N) is 1. The van der Waals surface area contributed by atoms with Crippen LogP contribution in [0.5, 0.6) is 0 Å². The van der Waals surface area contributed by atoms with Crippen LogP contribution in [0.3, 0.4) is 0 Å². The summed E-state index contributed by atoms with van der Waals surface area (Å²) in [5.41, 5.74) is -0.0164. The van der Waals surface area contributed by atoms with Gasteiger partial charge in [-0.1, -0.05) is 19.8 Å². The van der Waals surface area contributed by atoms with Crippen molar-refractivity contribution in [2.45, 2.75) is 32.6 Å². The van der Waals surface area contributed by atoms with E-state index in [2.05, 4.69) is 22.2 Å². The number of anilines is 1. The number of carboxylic acids is 1. The number of rotatable bonds is 4. The first-order valence-corrected chi connectivity index (χ1v) is 6.44. The summed E-state index contributed by atoms with van der Waals surface area (Å²) in [4.78, 5) is 18.6. The van der Waals surface area contributed by atoms with Gasteiger partial charge < -0.3 is 10.4 Å². The molecule has 0 amide bonds. The largest absolute Gasteiger partial charge is 0.476 e. The number of carbonyl (C=O) groups is 1. The van der Waals surface area contributed by atoms with Gasteiger partial charge in [0, 0.05) is 6.54 Å². The monoisotopic (exact) mass is 249 g/mol. The van der Waals surface area contributed by atoms with Gasteiger partial charge >= 0.3 is 5.97 Å². The Labute approximate surface area is 107 Å². The third-order valence-electron chi connectivity index (χ3n) is 3.56. The van der Waals surface area contributed by atoms with E-state index in [1.165, 1.54) is 31.9 Å². The third-order valence-corrected chi connectivity index (χ3v) is 3.56. The molecule has 18 heavy (non-hydrogen) atoms. The van der Waals surface area contributed by atoms with Crippen LogP contribution < -0.4 is 5.32 Å². The van der Waals surface area contributed by atoms with E-state index < -0.39 is 5.97 Å². The first-order chi connectivity index (χ1) is 8.65. The number of carboxylic acid groups (broad SMARTS) is 1. The van der Waals surface area contributed by atoms with Crippen LogP contribution in [0.4, 0.5) is 5.82 Å². The second-order valence-electron chi connectivity index (χ2n) is 5.10. The average Bonchev–Trinajstić information content (AvgIpc) is 2.38.